The van der Waals surface area contributed by atoms with E-state index >= 15 is 0 Å². The van der Waals surface area contributed by atoms with Crippen molar-refractivity contribution in [3.8, 4) is 16.5 Å². The van der Waals surface area contributed by atoms with E-state index in [9.17, 15) is 4.79 Å². The predicted molar refractivity (Wildman–Crippen MR) is 100 cm³/mol. The van der Waals surface area contributed by atoms with Gasteiger partial charge in [0.15, 0.2) is 6.10 Å². The van der Waals surface area contributed by atoms with Gasteiger partial charge < -0.3 is 14.2 Å². The molecule has 26 heavy (non-hydrogen) atoms. The van der Waals surface area contributed by atoms with Gasteiger partial charge in [0.1, 0.15) is 12.3 Å². The van der Waals surface area contributed by atoms with Crippen molar-refractivity contribution in [2.75, 3.05) is 6.54 Å². The zero-order valence-electron chi connectivity index (χ0n) is 14.4. The van der Waals surface area contributed by atoms with Crippen LogP contribution in [0, 0.1) is 0 Å². The second-order valence-corrected chi connectivity index (χ2v) is 6.94. The van der Waals surface area contributed by atoms with Gasteiger partial charge in [0.25, 0.3) is 5.91 Å². The summed E-state index contributed by atoms with van der Waals surface area (Å²) in [6.45, 7) is 4.35. The molecule has 6 nitrogen and oxygen atoms in total. The van der Waals surface area contributed by atoms with Gasteiger partial charge in [-0.1, -0.05) is 22.8 Å². The molecule has 0 unspecified atom stereocenters. The number of hydrogen-bond donors (Lipinski definition) is 0. The van der Waals surface area contributed by atoms with E-state index in [1.807, 2.05) is 24.4 Å². The summed E-state index contributed by atoms with van der Waals surface area (Å²) in [4.78, 5) is 19.6. The number of ether oxygens (including phenoxy) is 1. The number of amides is 1. The number of nitrogens with zero attached hydrogens (tertiary/aromatic N) is 3. The molecule has 3 aromatic rings. The zero-order chi connectivity index (χ0) is 18.5. The average Bonchev–Trinajstić information content (AvgIpc) is 3.32. The molecule has 1 atom stereocenters. The molecule has 2 aromatic heterocycles. The SMILES string of the molecule is CCN(Cc1nc(-c2cccs2)no1)C(=O)[C@H](C)Oc1ccc(Cl)cc1. The number of aromatic nitrogens is 2. The third-order valence-electron chi connectivity index (χ3n) is 3.70. The summed E-state index contributed by atoms with van der Waals surface area (Å²) in [5, 5.41) is 6.53. The first-order chi connectivity index (χ1) is 12.6. The zero-order valence-corrected chi connectivity index (χ0v) is 16.0. The van der Waals surface area contributed by atoms with E-state index in [0.29, 0.717) is 29.0 Å². The van der Waals surface area contributed by atoms with Gasteiger partial charge in [-0.15, -0.1) is 11.3 Å². The average molecular weight is 392 g/mol. The molecule has 0 spiro atoms. The monoisotopic (exact) mass is 391 g/mol. The summed E-state index contributed by atoms with van der Waals surface area (Å²) in [7, 11) is 0. The Kier molecular flexibility index (Phi) is 5.90. The third-order valence-corrected chi connectivity index (χ3v) is 4.82. The van der Waals surface area contributed by atoms with Crippen LogP contribution in [-0.4, -0.2) is 33.6 Å². The van der Waals surface area contributed by atoms with E-state index in [-0.39, 0.29) is 12.5 Å². The van der Waals surface area contributed by atoms with Crippen molar-refractivity contribution in [2.24, 2.45) is 0 Å². The fourth-order valence-electron chi connectivity index (χ4n) is 2.36. The van der Waals surface area contributed by atoms with Crippen LogP contribution >= 0.6 is 22.9 Å². The molecule has 0 bridgehead atoms. The summed E-state index contributed by atoms with van der Waals surface area (Å²) >= 11 is 7.39. The smallest absolute Gasteiger partial charge is 0.263 e. The van der Waals surface area contributed by atoms with Gasteiger partial charge in [-0.05, 0) is 49.6 Å². The second kappa shape index (κ2) is 8.33. The van der Waals surface area contributed by atoms with Crippen molar-refractivity contribution in [2.45, 2.75) is 26.5 Å². The lowest BCUT2D eigenvalue weighted by atomic mass is 10.3. The molecule has 0 radical (unpaired) electrons. The Morgan fingerprint density at radius 1 is 1.35 bits per heavy atom. The van der Waals surface area contributed by atoms with Gasteiger partial charge in [-0.25, -0.2) is 0 Å². The first-order valence-corrected chi connectivity index (χ1v) is 9.40. The first kappa shape index (κ1) is 18.4. The Morgan fingerprint density at radius 2 is 2.12 bits per heavy atom. The Labute approximate surface area is 160 Å². The fraction of sp³-hybridized carbons (Fsp3) is 0.278. The van der Waals surface area contributed by atoms with Gasteiger partial charge in [-0.3, -0.25) is 4.79 Å². The van der Waals surface area contributed by atoms with Gasteiger partial charge in [0.05, 0.1) is 4.88 Å². The first-order valence-electron chi connectivity index (χ1n) is 8.14. The van der Waals surface area contributed by atoms with E-state index < -0.39 is 6.10 Å². The molecule has 1 amide bonds. The van der Waals surface area contributed by atoms with E-state index in [1.54, 1.807) is 36.1 Å². The topological polar surface area (TPSA) is 68.5 Å². The van der Waals surface area contributed by atoms with Gasteiger partial charge in [0.2, 0.25) is 11.7 Å². The minimum atomic E-state index is -0.643. The maximum Gasteiger partial charge on any atom is 0.263 e. The lowest BCUT2D eigenvalue weighted by Gasteiger charge is -2.23. The maximum atomic E-state index is 12.7. The molecule has 0 aliphatic carbocycles. The molecule has 2 heterocycles. The van der Waals surface area contributed by atoms with Crippen LogP contribution in [0.15, 0.2) is 46.3 Å². The van der Waals surface area contributed by atoms with Crippen LogP contribution in [0.1, 0.15) is 19.7 Å². The minimum Gasteiger partial charge on any atom is -0.481 e. The van der Waals surface area contributed by atoms with Gasteiger partial charge in [0, 0.05) is 11.6 Å². The number of carbonyl (C=O) groups is 1. The molecule has 1 aromatic carbocycles. The van der Waals surface area contributed by atoms with E-state index in [4.69, 9.17) is 20.9 Å². The number of halogens is 1. The molecule has 0 fully saturated rings. The highest BCUT2D eigenvalue weighted by molar-refractivity contribution is 7.13. The molecule has 0 saturated carbocycles. The van der Waals surface area contributed by atoms with E-state index in [0.717, 1.165) is 4.88 Å². The summed E-state index contributed by atoms with van der Waals surface area (Å²) in [5.41, 5.74) is 0. The maximum absolute atomic E-state index is 12.7. The summed E-state index contributed by atoms with van der Waals surface area (Å²) in [6, 6.07) is 10.7. The normalized spacial score (nSPS) is 12.0. The molecule has 3 rings (SSSR count). The Hall–Kier alpha value is -2.38. The lowest BCUT2D eigenvalue weighted by molar-refractivity contribution is -0.138. The van der Waals surface area contributed by atoms with Crippen molar-refractivity contribution in [1.82, 2.24) is 15.0 Å². The second-order valence-electron chi connectivity index (χ2n) is 5.56. The van der Waals surface area contributed by atoms with Crippen molar-refractivity contribution in [3.63, 3.8) is 0 Å². The van der Waals surface area contributed by atoms with E-state index in [1.165, 1.54) is 11.3 Å². The molecule has 0 saturated heterocycles. The highest BCUT2D eigenvalue weighted by Crippen LogP contribution is 2.22. The molecular formula is C18H18ClN3O3S. The van der Waals surface area contributed by atoms with Crippen LogP contribution in [0.2, 0.25) is 5.02 Å². The molecule has 0 aliphatic heterocycles. The van der Waals surface area contributed by atoms with Crippen molar-refractivity contribution in [3.05, 3.63) is 52.7 Å². The molecular weight excluding hydrogens is 374 g/mol. The molecule has 8 heteroatoms. The van der Waals surface area contributed by atoms with Crippen LogP contribution in [-0.2, 0) is 11.3 Å². The van der Waals surface area contributed by atoms with Gasteiger partial charge in [-0.2, -0.15) is 4.98 Å². The Morgan fingerprint density at radius 3 is 2.77 bits per heavy atom. The van der Waals surface area contributed by atoms with Crippen LogP contribution in [0.4, 0.5) is 0 Å². The fourth-order valence-corrected chi connectivity index (χ4v) is 3.13. The summed E-state index contributed by atoms with van der Waals surface area (Å²) < 4.78 is 11.0. The number of rotatable bonds is 7. The Bertz CT molecular complexity index is 849. The number of benzene rings is 1. The van der Waals surface area contributed by atoms with Crippen molar-refractivity contribution in [1.29, 1.82) is 0 Å². The summed E-state index contributed by atoms with van der Waals surface area (Å²) in [5.74, 6) is 1.36. The number of hydrogen-bond acceptors (Lipinski definition) is 6. The standard InChI is InChI=1S/C18H18ClN3O3S/c1-3-22(11-16-20-17(21-25-16)15-5-4-10-26-15)18(23)12(2)24-14-8-6-13(19)7-9-14/h4-10,12H,3,11H2,1-2H3/t12-/m0/s1. The number of carbonyl (C=O) groups excluding carboxylic acids is 1. The van der Waals surface area contributed by atoms with Crippen LogP contribution < -0.4 is 4.74 Å². The summed E-state index contributed by atoms with van der Waals surface area (Å²) in [6.07, 6.45) is -0.643. The van der Waals surface area contributed by atoms with E-state index in [2.05, 4.69) is 10.1 Å². The predicted octanol–water partition coefficient (Wildman–Crippen LogP) is 4.27. The van der Waals surface area contributed by atoms with Crippen LogP contribution in [0.3, 0.4) is 0 Å². The van der Waals surface area contributed by atoms with Crippen LogP contribution in [0.25, 0.3) is 10.7 Å². The molecule has 0 N–H and O–H groups in total. The minimum absolute atomic E-state index is 0.154. The number of thiophene rings is 1. The van der Waals surface area contributed by atoms with Crippen molar-refractivity contribution >= 4 is 28.8 Å². The molecule has 136 valence electrons. The van der Waals surface area contributed by atoms with Gasteiger partial charge >= 0.3 is 0 Å². The largest absolute Gasteiger partial charge is 0.481 e. The van der Waals surface area contributed by atoms with Crippen LogP contribution in [0.5, 0.6) is 5.75 Å². The highest BCUT2D eigenvalue weighted by Gasteiger charge is 2.23. The highest BCUT2D eigenvalue weighted by atomic mass is 35.5. The third kappa shape index (κ3) is 4.42. The quantitative estimate of drug-likeness (QED) is 0.601. The Balaban J connectivity index is 1.64. The number of likely N-dealkylation sites (N-methyl/N-ethyl adjacent to an activating group) is 1. The molecule has 0 aliphatic rings. The van der Waals surface area contributed by atoms with Crippen molar-refractivity contribution < 1.29 is 14.1 Å². The lowest BCUT2D eigenvalue weighted by Crippen LogP contribution is -2.40.